The highest BCUT2D eigenvalue weighted by Crippen LogP contribution is 2.34. The molecule has 0 spiro atoms. The highest BCUT2D eigenvalue weighted by molar-refractivity contribution is 7.13. The van der Waals surface area contributed by atoms with Crippen LogP contribution in [0.1, 0.15) is 38.3 Å². The number of carbonyl (C=O) groups is 1. The Morgan fingerprint density at radius 1 is 1.25 bits per heavy atom. The number of thiazole rings is 1. The van der Waals surface area contributed by atoms with Crippen molar-refractivity contribution in [2.45, 2.75) is 39.0 Å². The molecular weight excluding hydrogens is 326 g/mol. The lowest BCUT2D eigenvalue weighted by Crippen LogP contribution is -2.00. The van der Waals surface area contributed by atoms with Crippen molar-refractivity contribution >= 4 is 17.3 Å². The number of aliphatic carboxylic acids is 1. The van der Waals surface area contributed by atoms with E-state index in [2.05, 4.69) is 11.9 Å². The first-order valence-electron chi connectivity index (χ1n) is 8.11. The summed E-state index contributed by atoms with van der Waals surface area (Å²) >= 11 is 1.43. The first-order chi connectivity index (χ1) is 11.6. The van der Waals surface area contributed by atoms with Gasteiger partial charge in [-0.1, -0.05) is 26.2 Å². The maximum Gasteiger partial charge on any atom is 0.309 e. The summed E-state index contributed by atoms with van der Waals surface area (Å²) in [6.07, 6.45) is 4.52. The van der Waals surface area contributed by atoms with Crippen LogP contribution in [0.5, 0.6) is 11.5 Å². The van der Waals surface area contributed by atoms with Crippen LogP contribution in [-0.2, 0) is 11.2 Å². The molecule has 0 aliphatic rings. The molecule has 0 aliphatic heterocycles. The third-order valence-corrected chi connectivity index (χ3v) is 4.49. The third kappa shape index (κ3) is 5.23. The SMILES string of the molecule is CCCCCCOc1cc(-c2nc(CC(=O)O)cs2)ccc1OC. The summed E-state index contributed by atoms with van der Waals surface area (Å²) in [4.78, 5) is 15.2. The minimum Gasteiger partial charge on any atom is -0.493 e. The second-order valence-corrected chi connectivity index (χ2v) is 6.35. The largest absolute Gasteiger partial charge is 0.493 e. The van der Waals surface area contributed by atoms with Gasteiger partial charge in [0, 0.05) is 10.9 Å². The number of benzene rings is 1. The number of ether oxygens (including phenoxy) is 2. The summed E-state index contributed by atoms with van der Waals surface area (Å²) in [7, 11) is 1.62. The van der Waals surface area contributed by atoms with Gasteiger partial charge in [-0.15, -0.1) is 11.3 Å². The molecule has 1 heterocycles. The zero-order valence-electron chi connectivity index (χ0n) is 14.1. The van der Waals surface area contributed by atoms with E-state index in [1.54, 1.807) is 12.5 Å². The summed E-state index contributed by atoms with van der Waals surface area (Å²) in [6, 6.07) is 5.67. The molecule has 0 radical (unpaired) electrons. The molecule has 0 bridgehead atoms. The number of hydrogen-bond donors (Lipinski definition) is 1. The van der Waals surface area contributed by atoms with Crippen molar-refractivity contribution in [3.05, 3.63) is 29.3 Å². The molecule has 0 atom stereocenters. The van der Waals surface area contributed by atoms with Crippen LogP contribution in [0, 0.1) is 0 Å². The van der Waals surface area contributed by atoms with Crippen molar-refractivity contribution in [3.8, 4) is 22.1 Å². The quantitative estimate of drug-likeness (QED) is 0.644. The lowest BCUT2D eigenvalue weighted by Gasteiger charge is -2.11. The molecule has 0 saturated carbocycles. The van der Waals surface area contributed by atoms with E-state index in [0.717, 1.165) is 23.4 Å². The summed E-state index contributed by atoms with van der Waals surface area (Å²) in [5.74, 6) is 0.510. The Bertz CT molecular complexity index is 669. The van der Waals surface area contributed by atoms with Crippen molar-refractivity contribution in [2.24, 2.45) is 0 Å². The summed E-state index contributed by atoms with van der Waals surface area (Å²) < 4.78 is 11.2. The number of carboxylic acids is 1. The van der Waals surface area contributed by atoms with E-state index in [1.807, 2.05) is 18.2 Å². The Hall–Kier alpha value is -2.08. The first kappa shape index (κ1) is 18.3. The maximum atomic E-state index is 10.8. The first-order valence-corrected chi connectivity index (χ1v) is 8.99. The Balaban J connectivity index is 2.09. The molecule has 6 heteroatoms. The number of nitrogens with zero attached hydrogens (tertiary/aromatic N) is 1. The second-order valence-electron chi connectivity index (χ2n) is 5.49. The molecule has 1 N–H and O–H groups in total. The zero-order valence-corrected chi connectivity index (χ0v) is 14.9. The van der Waals surface area contributed by atoms with E-state index in [0.29, 0.717) is 23.8 Å². The average molecular weight is 349 g/mol. The fourth-order valence-corrected chi connectivity index (χ4v) is 3.13. The molecule has 5 nitrogen and oxygen atoms in total. The van der Waals surface area contributed by atoms with Gasteiger partial charge in [-0.05, 0) is 24.6 Å². The maximum absolute atomic E-state index is 10.8. The molecule has 1 aromatic heterocycles. The van der Waals surface area contributed by atoms with Crippen molar-refractivity contribution in [2.75, 3.05) is 13.7 Å². The van der Waals surface area contributed by atoms with Crippen LogP contribution in [0.15, 0.2) is 23.6 Å². The van der Waals surface area contributed by atoms with Crippen LogP contribution in [0.25, 0.3) is 10.6 Å². The number of methoxy groups -OCH3 is 1. The molecule has 0 aliphatic carbocycles. The number of carboxylic acid groups (broad SMARTS) is 1. The zero-order chi connectivity index (χ0) is 17.4. The summed E-state index contributed by atoms with van der Waals surface area (Å²) in [5, 5.41) is 11.4. The van der Waals surface area contributed by atoms with Gasteiger partial charge in [-0.3, -0.25) is 4.79 Å². The van der Waals surface area contributed by atoms with Crippen LogP contribution < -0.4 is 9.47 Å². The van der Waals surface area contributed by atoms with Gasteiger partial charge >= 0.3 is 5.97 Å². The number of rotatable bonds is 10. The molecule has 0 fully saturated rings. The van der Waals surface area contributed by atoms with Gasteiger partial charge in [0.1, 0.15) is 5.01 Å². The lowest BCUT2D eigenvalue weighted by atomic mass is 10.2. The van der Waals surface area contributed by atoms with E-state index in [1.165, 1.54) is 24.2 Å². The minimum atomic E-state index is -0.877. The number of hydrogen-bond acceptors (Lipinski definition) is 5. The van der Waals surface area contributed by atoms with E-state index in [-0.39, 0.29) is 6.42 Å². The highest BCUT2D eigenvalue weighted by atomic mass is 32.1. The predicted octanol–water partition coefficient (Wildman–Crippen LogP) is 4.40. The fourth-order valence-electron chi connectivity index (χ4n) is 2.31. The lowest BCUT2D eigenvalue weighted by molar-refractivity contribution is -0.136. The normalized spacial score (nSPS) is 10.6. The van der Waals surface area contributed by atoms with Crippen molar-refractivity contribution in [1.29, 1.82) is 0 Å². The molecule has 2 rings (SSSR count). The van der Waals surface area contributed by atoms with Gasteiger partial charge in [0.25, 0.3) is 0 Å². The van der Waals surface area contributed by atoms with Crippen LogP contribution in [0.3, 0.4) is 0 Å². The topological polar surface area (TPSA) is 68.7 Å². The Labute approximate surface area is 146 Å². The third-order valence-electron chi connectivity index (χ3n) is 3.55. The fraction of sp³-hybridized carbons (Fsp3) is 0.444. The minimum absolute atomic E-state index is 0.0621. The second kappa shape index (κ2) is 9.27. The Morgan fingerprint density at radius 2 is 2.08 bits per heavy atom. The van der Waals surface area contributed by atoms with Crippen molar-refractivity contribution < 1.29 is 19.4 Å². The van der Waals surface area contributed by atoms with Gasteiger partial charge in [-0.2, -0.15) is 0 Å². The van der Waals surface area contributed by atoms with Crippen molar-refractivity contribution in [3.63, 3.8) is 0 Å². The molecule has 0 unspecified atom stereocenters. The van der Waals surface area contributed by atoms with Crippen LogP contribution in [-0.4, -0.2) is 29.8 Å². The summed E-state index contributed by atoms with van der Waals surface area (Å²) in [6.45, 7) is 2.84. The van der Waals surface area contributed by atoms with E-state index in [4.69, 9.17) is 14.6 Å². The molecule has 1 aromatic carbocycles. The van der Waals surface area contributed by atoms with Gasteiger partial charge in [0.2, 0.25) is 0 Å². The average Bonchev–Trinajstić information content (AvgIpc) is 3.02. The predicted molar refractivity (Wildman–Crippen MR) is 95.1 cm³/mol. The molecule has 0 saturated heterocycles. The number of unbranched alkanes of at least 4 members (excludes halogenated alkanes) is 3. The molecule has 24 heavy (non-hydrogen) atoms. The van der Waals surface area contributed by atoms with Crippen LogP contribution in [0.2, 0.25) is 0 Å². The van der Waals surface area contributed by atoms with E-state index in [9.17, 15) is 4.79 Å². The van der Waals surface area contributed by atoms with Gasteiger partial charge in [-0.25, -0.2) is 4.98 Å². The Kier molecular flexibility index (Phi) is 7.06. The van der Waals surface area contributed by atoms with Gasteiger partial charge < -0.3 is 14.6 Å². The molecule has 0 amide bonds. The highest BCUT2D eigenvalue weighted by Gasteiger charge is 2.11. The van der Waals surface area contributed by atoms with Gasteiger partial charge in [0.15, 0.2) is 11.5 Å². The van der Waals surface area contributed by atoms with Crippen LogP contribution >= 0.6 is 11.3 Å². The van der Waals surface area contributed by atoms with E-state index < -0.39 is 5.97 Å². The smallest absolute Gasteiger partial charge is 0.309 e. The van der Waals surface area contributed by atoms with Gasteiger partial charge in [0.05, 0.1) is 25.8 Å². The number of aromatic nitrogens is 1. The molecular formula is C18H23NO4S. The summed E-state index contributed by atoms with van der Waals surface area (Å²) in [5.41, 5.74) is 1.47. The monoisotopic (exact) mass is 349 g/mol. The van der Waals surface area contributed by atoms with E-state index >= 15 is 0 Å². The molecule has 130 valence electrons. The Morgan fingerprint density at radius 3 is 2.79 bits per heavy atom. The van der Waals surface area contributed by atoms with Crippen molar-refractivity contribution in [1.82, 2.24) is 4.98 Å². The van der Waals surface area contributed by atoms with Crippen LogP contribution in [0.4, 0.5) is 0 Å². The molecule has 2 aromatic rings. The standard InChI is InChI=1S/C18H23NO4S/c1-3-4-5-6-9-23-16-10-13(7-8-15(16)22-2)18-19-14(12-24-18)11-17(20)21/h7-8,10,12H,3-6,9,11H2,1-2H3,(H,20,21).